The van der Waals surface area contributed by atoms with Crippen molar-refractivity contribution in [2.45, 2.75) is 53.0 Å². The van der Waals surface area contributed by atoms with E-state index in [0.29, 0.717) is 0 Å². The third kappa shape index (κ3) is 2.92. The normalized spacial score (nSPS) is 15.3. The topological polar surface area (TPSA) is 38.1 Å². The molecule has 0 bridgehead atoms. The third-order valence-corrected chi connectivity index (χ3v) is 3.20. The van der Waals surface area contributed by atoms with E-state index >= 15 is 0 Å². The summed E-state index contributed by atoms with van der Waals surface area (Å²) in [5, 5.41) is 4.25. The fourth-order valence-electron chi connectivity index (χ4n) is 2.12. The van der Waals surface area contributed by atoms with Gasteiger partial charge in [0.05, 0.1) is 6.20 Å². The van der Waals surface area contributed by atoms with Crippen LogP contribution in [-0.4, -0.2) is 33.7 Å². The lowest BCUT2D eigenvalue weighted by Gasteiger charge is -2.29. The number of carbonyl (C=O) groups excluding carboxylic acids is 1. The Balaban J connectivity index is 0.000000771. The first-order valence-corrected chi connectivity index (χ1v) is 6.83. The van der Waals surface area contributed by atoms with Crippen molar-refractivity contribution in [1.82, 2.24) is 14.7 Å². The summed E-state index contributed by atoms with van der Waals surface area (Å²) in [5.74, 6) is 0.174. The van der Waals surface area contributed by atoms with E-state index in [4.69, 9.17) is 0 Å². The second kappa shape index (κ2) is 6.03. The molecule has 0 spiro atoms. The molecule has 0 N–H and O–H groups in total. The lowest BCUT2D eigenvalue weighted by Crippen LogP contribution is -2.46. The SMILES string of the molecule is CC.Cc1cnn(C(C)(C)C(=O)N2CCCC2)c1. The molecule has 0 saturated carbocycles. The van der Waals surface area contributed by atoms with Crippen LogP contribution in [0.25, 0.3) is 0 Å². The maximum atomic E-state index is 12.3. The highest BCUT2D eigenvalue weighted by Gasteiger charge is 2.35. The predicted molar refractivity (Wildman–Crippen MR) is 73.4 cm³/mol. The first kappa shape index (κ1) is 14.7. The number of hydrogen-bond donors (Lipinski definition) is 0. The monoisotopic (exact) mass is 251 g/mol. The quantitative estimate of drug-likeness (QED) is 0.810. The van der Waals surface area contributed by atoms with E-state index in [1.165, 1.54) is 0 Å². The summed E-state index contributed by atoms with van der Waals surface area (Å²) in [6.45, 7) is 11.6. The highest BCUT2D eigenvalue weighted by molar-refractivity contribution is 5.83. The zero-order valence-corrected chi connectivity index (χ0v) is 12.2. The number of rotatable bonds is 2. The van der Waals surface area contributed by atoms with Crippen molar-refractivity contribution >= 4 is 5.91 Å². The van der Waals surface area contributed by atoms with Crippen molar-refractivity contribution in [2.75, 3.05) is 13.1 Å². The van der Waals surface area contributed by atoms with Crippen LogP contribution in [0, 0.1) is 6.92 Å². The molecule has 0 aromatic carbocycles. The molecule has 1 amide bonds. The average molecular weight is 251 g/mol. The molecule has 1 aromatic heterocycles. The van der Waals surface area contributed by atoms with Gasteiger partial charge in [-0.3, -0.25) is 9.48 Å². The van der Waals surface area contributed by atoms with E-state index in [1.54, 1.807) is 10.9 Å². The summed E-state index contributed by atoms with van der Waals surface area (Å²) in [4.78, 5) is 14.3. The highest BCUT2D eigenvalue weighted by atomic mass is 16.2. The number of hydrogen-bond acceptors (Lipinski definition) is 2. The van der Waals surface area contributed by atoms with Crippen molar-refractivity contribution < 1.29 is 4.79 Å². The van der Waals surface area contributed by atoms with Crippen LogP contribution in [0.5, 0.6) is 0 Å². The van der Waals surface area contributed by atoms with E-state index in [9.17, 15) is 4.79 Å². The molecular formula is C14H25N3O. The number of aryl methyl sites for hydroxylation is 1. The Kier molecular flexibility index (Phi) is 4.93. The first-order valence-electron chi connectivity index (χ1n) is 6.83. The molecule has 0 atom stereocenters. The van der Waals surface area contributed by atoms with Gasteiger partial charge in [0, 0.05) is 19.3 Å². The number of nitrogens with zero attached hydrogens (tertiary/aromatic N) is 3. The van der Waals surface area contributed by atoms with Crippen LogP contribution in [-0.2, 0) is 10.3 Å². The van der Waals surface area contributed by atoms with Gasteiger partial charge in [-0.15, -0.1) is 0 Å². The summed E-state index contributed by atoms with van der Waals surface area (Å²) in [5.41, 5.74) is 0.515. The van der Waals surface area contributed by atoms with E-state index in [2.05, 4.69) is 5.10 Å². The van der Waals surface area contributed by atoms with Crippen molar-refractivity contribution in [1.29, 1.82) is 0 Å². The molecule has 1 saturated heterocycles. The minimum Gasteiger partial charge on any atom is -0.341 e. The zero-order chi connectivity index (χ0) is 13.8. The van der Waals surface area contributed by atoms with Crippen molar-refractivity contribution in [3.8, 4) is 0 Å². The Hall–Kier alpha value is -1.32. The van der Waals surface area contributed by atoms with Gasteiger partial charge in [-0.1, -0.05) is 13.8 Å². The molecule has 2 heterocycles. The molecule has 4 heteroatoms. The summed E-state index contributed by atoms with van der Waals surface area (Å²) in [7, 11) is 0. The van der Waals surface area contributed by atoms with Crippen molar-refractivity contribution in [2.24, 2.45) is 0 Å². The maximum absolute atomic E-state index is 12.3. The zero-order valence-electron chi connectivity index (χ0n) is 12.2. The molecule has 102 valence electrons. The molecule has 1 aliphatic heterocycles. The van der Waals surface area contributed by atoms with Gasteiger partial charge in [0.1, 0.15) is 5.54 Å². The van der Waals surface area contributed by atoms with Gasteiger partial charge in [-0.2, -0.15) is 5.10 Å². The van der Waals surface area contributed by atoms with Crippen LogP contribution in [0.15, 0.2) is 12.4 Å². The van der Waals surface area contributed by atoms with Gasteiger partial charge in [0.2, 0.25) is 5.91 Å². The minimum atomic E-state index is -0.571. The van der Waals surface area contributed by atoms with Crippen molar-refractivity contribution in [3.05, 3.63) is 18.0 Å². The second-order valence-electron chi connectivity index (χ2n) is 5.02. The van der Waals surface area contributed by atoms with Crippen LogP contribution in [0.2, 0.25) is 0 Å². The van der Waals surface area contributed by atoms with Gasteiger partial charge < -0.3 is 4.90 Å². The van der Waals surface area contributed by atoms with Crippen LogP contribution in [0.1, 0.15) is 46.1 Å². The van der Waals surface area contributed by atoms with Gasteiger partial charge in [-0.25, -0.2) is 0 Å². The maximum Gasteiger partial charge on any atom is 0.249 e. The second-order valence-corrected chi connectivity index (χ2v) is 5.02. The summed E-state index contributed by atoms with van der Waals surface area (Å²) < 4.78 is 1.77. The third-order valence-electron chi connectivity index (χ3n) is 3.20. The van der Waals surface area contributed by atoms with Gasteiger partial charge in [0.25, 0.3) is 0 Å². The predicted octanol–water partition coefficient (Wildman–Crippen LogP) is 2.58. The van der Waals surface area contributed by atoms with Crippen molar-refractivity contribution in [3.63, 3.8) is 0 Å². The summed E-state index contributed by atoms with van der Waals surface area (Å²) in [6, 6.07) is 0. The molecular weight excluding hydrogens is 226 g/mol. The number of aromatic nitrogens is 2. The van der Waals surface area contributed by atoms with Crippen LogP contribution in [0.3, 0.4) is 0 Å². The molecule has 0 radical (unpaired) electrons. The molecule has 1 aromatic rings. The molecule has 1 fully saturated rings. The fraction of sp³-hybridized carbons (Fsp3) is 0.714. The molecule has 18 heavy (non-hydrogen) atoms. The van der Waals surface area contributed by atoms with Crippen LogP contribution < -0.4 is 0 Å². The molecule has 4 nitrogen and oxygen atoms in total. The Morgan fingerprint density at radius 3 is 2.28 bits per heavy atom. The summed E-state index contributed by atoms with van der Waals surface area (Å²) >= 11 is 0. The number of carbonyl (C=O) groups is 1. The standard InChI is InChI=1S/C12H19N3O.C2H6/c1-10-8-13-15(9-10)12(2,3)11(16)14-6-4-5-7-14;1-2/h8-9H,4-7H2,1-3H3;1-2H3. The van der Waals surface area contributed by atoms with Gasteiger partial charge in [-0.05, 0) is 39.2 Å². The average Bonchev–Trinajstić information content (AvgIpc) is 3.01. The van der Waals surface area contributed by atoms with Crippen LogP contribution >= 0.6 is 0 Å². The lowest BCUT2D eigenvalue weighted by atomic mass is 10.0. The van der Waals surface area contributed by atoms with E-state index < -0.39 is 5.54 Å². The highest BCUT2D eigenvalue weighted by Crippen LogP contribution is 2.21. The first-order chi connectivity index (χ1) is 8.51. The largest absolute Gasteiger partial charge is 0.341 e. The van der Waals surface area contributed by atoms with E-state index in [1.807, 2.05) is 45.7 Å². The number of amides is 1. The Bertz CT molecular complexity index is 389. The van der Waals surface area contributed by atoms with E-state index in [-0.39, 0.29) is 5.91 Å². The van der Waals surface area contributed by atoms with E-state index in [0.717, 1.165) is 31.5 Å². The van der Waals surface area contributed by atoms with Crippen LogP contribution in [0.4, 0.5) is 0 Å². The number of likely N-dealkylation sites (tertiary alicyclic amines) is 1. The summed E-state index contributed by atoms with van der Waals surface area (Å²) in [6.07, 6.45) is 5.97. The fourth-order valence-corrected chi connectivity index (χ4v) is 2.12. The Labute approximate surface area is 110 Å². The molecule has 2 rings (SSSR count). The smallest absolute Gasteiger partial charge is 0.249 e. The molecule has 0 unspecified atom stereocenters. The lowest BCUT2D eigenvalue weighted by molar-refractivity contribution is -0.138. The minimum absolute atomic E-state index is 0.174. The molecule has 0 aliphatic carbocycles. The Morgan fingerprint density at radius 1 is 1.28 bits per heavy atom. The Morgan fingerprint density at radius 2 is 1.83 bits per heavy atom. The van der Waals surface area contributed by atoms with Gasteiger partial charge in [0.15, 0.2) is 0 Å². The van der Waals surface area contributed by atoms with Gasteiger partial charge >= 0.3 is 0 Å². The molecule has 1 aliphatic rings.